The number of rotatable bonds is 8. The van der Waals surface area contributed by atoms with E-state index in [0.717, 1.165) is 0 Å². The predicted molar refractivity (Wildman–Crippen MR) is 147 cm³/mol. The zero-order valence-corrected chi connectivity index (χ0v) is 22.6. The van der Waals surface area contributed by atoms with Crippen molar-refractivity contribution in [2.24, 2.45) is 0 Å². The highest BCUT2D eigenvalue weighted by Crippen LogP contribution is 2.40. The van der Waals surface area contributed by atoms with Gasteiger partial charge in [-0.3, -0.25) is 4.72 Å². The fraction of sp³-hybridized carbons (Fsp3) is 0.296. The van der Waals surface area contributed by atoms with E-state index in [4.69, 9.17) is 4.74 Å². The van der Waals surface area contributed by atoms with Crippen LogP contribution in [0, 0.1) is 6.92 Å². The van der Waals surface area contributed by atoms with Gasteiger partial charge in [0.2, 0.25) is 15.9 Å². The monoisotopic (exact) mass is 590 g/mol. The number of nitrogens with one attached hydrogen (secondary N) is 3. The summed E-state index contributed by atoms with van der Waals surface area (Å²) in [5.41, 5.74) is 1.46. The highest BCUT2D eigenvalue weighted by Gasteiger charge is 2.35. The van der Waals surface area contributed by atoms with Crippen molar-refractivity contribution < 1.29 is 30.7 Å². The van der Waals surface area contributed by atoms with E-state index in [1.807, 2.05) is 0 Å². The molecule has 2 aromatic heterocycles. The van der Waals surface area contributed by atoms with Gasteiger partial charge in [-0.25, -0.2) is 27.8 Å². The molecule has 0 amide bonds. The number of hydrogen-bond acceptors (Lipinski definition) is 8. The summed E-state index contributed by atoms with van der Waals surface area (Å²) in [4.78, 5) is 13.1. The minimum absolute atomic E-state index is 0.00774. The van der Waals surface area contributed by atoms with Crippen molar-refractivity contribution in [3.8, 4) is 22.9 Å². The number of sulfonamides is 1. The van der Waals surface area contributed by atoms with Crippen molar-refractivity contribution in [1.82, 2.24) is 20.3 Å². The second kappa shape index (κ2) is 11.4. The molecule has 2 aromatic carbocycles. The highest BCUT2D eigenvalue weighted by molar-refractivity contribution is 7.92. The third-order valence-electron chi connectivity index (χ3n) is 6.35. The molecule has 4 aromatic rings. The number of pyridine rings is 1. The molecule has 2 atom stereocenters. The minimum atomic E-state index is -4.90. The number of fused-ring (bicyclic) bond motifs is 1. The molecule has 14 heteroatoms. The van der Waals surface area contributed by atoms with Crippen molar-refractivity contribution in [3.05, 3.63) is 66.6 Å². The van der Waals surface area contributed by atoms with Crippen molar-refractivity contribution in [3.63, 3.8) is 0 Å². The number of benzene rings is 2. The number of hydrogen-bond donors (Lipinski definition) is 3. The Morgan fingerprint density at radius 2 is 1.78 bits per heavy atom. The first kappa shape index (κ1) is 28.5. The zero-order chi connectivity index (χ0) is 29.2. The SMILES string of the molecule is Cc1cc(NS(=O)(=O)CC(F)(F)F)c2ccccc2c1Oc1nccnc1-c1ccnc(NC2CNCC(F)C2)c1. The Balaban J connectivity index is 1.47. The summed E-state index contributed by atoms with van der Waals surface area (Å²) in [6, 6.07) is 11.3. The molecule has 5 rings (SSSR count). The standard InChI is InChI=1S/C27H26F4N6O3S/c1-16-10-22(37-41(38,39)15-27(29,30)31)20-4-2-3-5-21(20)25(16)40-26-24(34-8-9-35-26)17-6-7-33-23(11-17)36-19-12-18(28)13-32-14-19/h2-11,18-19,32,37H,12-15H2,1H3,(H,33,36). The van der Waals surface area contributed by atoms with Gasteiger partial charge in [0, 0.05) is 60.5 Å². The molecule has 0 spiro atoms. The fourth-order valence-electron chi connectivity index (χ4n) is 4.69. The molecule has 0 radical (unpaired) electrons. The summed E-state index contributed by atoms with van der Waals surface area (Å²) < 4.78 is 85.0. The number of anilines is 2. The molecule has 41 heavy (non-hydrogen) atoms. The summed E-state index contributed by atoms with van der Waals surface area (Å²) in [5.74, 6) is -1.01. The van der Waals surface area contributed by atoms with E-state index in [9.17, 15) is 26.0 Å². The molecule has 1 aliphatic rings. The van der Waals surface area contributed by atoms with Crippen LogP contribution < -0.4 is 20.1 Å². The molecule has 3 N–H and O–H groups in total. The van der Waals surface area contributed by atoms with Crippen LogP contribution in [0.4, 0.5) is 29.1 Å². The van der Waals surface area contributed by atoms with Crippen LogP contribution in [0.2, 0.25) is 0 Å². The first-order chi connectivity index (χ1) is 19.5. The number of aryl methyl sites for hydroxylation is 1. The van der Waals surface area contributed by atoms with Crippen LogP contribution in [0.25, 0.3) is 22.0 Å². The van der Waals surface area contributed by atoms with Gasteiger partial charge in [0.05, 0.1) is 5.69 Å². The average Bonchev–Trinajstić information content (AvgIpc) is 2.90. The molecular weight excluding hydrogens is 564 g/mol. The van der Waals surface area contributed by atoms with Gasteiger partial charge in [-0.2, -0.15) is 13.2 Å². The highest BCUT2D eigenvalue weighted by atomic mass is 32.2. The van der Waals surface area contributed by atoms with E-state index in [1.54, 1.807) is 49.5 Å². The average molecular weight is 591 g/mol. The lowest BCUT2D eigenvalue weighted by atomic mass is 10.0. The number of nitrogens with zero attached hydrogens (tertiary/aromatic N) is 3. The number of ether oxygens (including phenoxy) is 1. The van der Waals surface area contributed by atoms with E-state index in [0.29, 0.717) is 58.7 Å². The van der Waals surface area contributed by atoms with Gasteiger partial charge < -0.3 is 15.4 Å². The Kier molecular flexibility index (Phi) is 7.95. The van der Waals surface area contributed by atoms with Crippen LogP contribution in [0.1, 0.15) is 12.0 Å². The summed E-state index contributed by atoms with van der Waals surface area (Å²) in [6.45, 7) is 2.56. The third kappa shape index (κ3) is 7.00. The van der Waals surface area contributed by atoms with Crippen molar-refractivity contribution in [2.45, 2.75) is 31.7 Å². The molecule has 216 valence electrons. The van der Waals surface area contributed by atoms with Crippen molar-refractivity contribution in [2.75, 3.05) is 28.9 Å². The summed E-state index contributed by atoms with van der Waals surface area (Å²) >= 11 is 0. The van der Waals surface area contributed by atoms with E-state index < -0.39 is 28.1 Å². The second-order valence-corrected chi connectivity index (χ2v) is 11.4. The molecule has 1 fully saturated rings. The van der Waals surface area contributed by atoms with Gasteiger partial charge in [-0.1, -0.05) is 24.3 Å². The van der Waals surface area contributed by atoms with Gasteiger partial charge in [0.15, 0.2) is 5.75 Å². The molecule has 1 saturated heterocycles. The van der Waals surface area contributed by atoms with Gasteiger partial charge in [0.1, 0.15) is 23.4 Å². The first-order valence-corrected chi connectivity index (χ1v) is 14.3. The summed E-state index contributed by atoms with van der Waals surface area (Å²) in [7, 11) is -4.71. The van der Waals surface area contributed by atoms with Crippen LogP contribution in [-0.2, 0) is 10.0 Å². The van der Waals surface area contributed by atoms with Crippen LogP contribution in [0.3, 0.4) is 0 Å². The maximum atomic E-state index is 13.8. The largest absolute Gasteiger partial charge is 0.436 e. The smallest absolute Gasteiger partial charge is 0.404 e. The Morgan fingerprint density at radius 3 is 2.54 bits per heavy atom. The molecule has 0 aliphatic carbocycles. The lowest BCUT2D eigenvalue weighted by molar-refractivity contribution is -0.106. The molecule has 3 heterocycles. The second-order valence-electron chi connectivity index (χ2n) is 9.67. The molecular formula is C27H26F4N6O3S. The maximum Gasteiger partial charge on any atom is 0.404 e. The third-order valence-corrected chi connectivity index (χ3v) is 7.58. The Bertz CT molecular complexity index is 1670. The minimum Gasteiger partial charge on any atom is -0.436 e. The molecule has 1 aliphatic heterocycles. The van der Waals surface area contributed by atoms with Crippen molar-refractivity contribution >= 4 is 32.3 Å². The summed E-state index contributed by atoms with van der Waals surface area (Å²) in [6.07, 6.45) is -0.958. The van der Waals surface area contributed by atoms with Gasteiger partial charge in [-0.05, 0) is 30.7 Å². The predicted octanol–water partition coefficient (Wildman–Crippen LogP) is 5.21. The lowest BCUT2D eigenvalue weighted by Gasteiger charge is -2.26. The van der Waals surface area contributed by atoms with Crippen LogP contribution in [-0.4, -0.2) is 60.6 Å². The van der Waals surface area contributed by atoms with Gasteiger partial charge in [-0.15, -0.1) is 0 Å². The lowest BCUT2D eigenvalue weighted by Crippen LogP contribution is -2.44. The zero-order valence-electron chi connectivity index (χ0n) is 21.7. The quantitative estimate of drug-likeness (QED) is 0.240. The number of piperidine rings is 1. The van der Waals surface area contributed by atoms with Crippen LogP contribution >= 0.6 is 0 Å². The molecule has 0 saturated carbocycles. The molecule has 2 unspecified atom stereocenters. The van der Waals surface area contributed by atoms with E-state index in [-0.39, 0.29) is 17.6 Å². The van der Waals surface area contributed by atoms with Gasteiger partial charge >= 0.3 is 6.18 Å². The Labute approximate surface area is 233 Å². The first-order valence-electron chi connectivity index (χ1n) is 12.6. The number of halogens is 4. The Hall–Kier alpha value is -4.04. The number of alkyl halides is 4. The van der Waals surface area contributed by atoms with Crippen LogP contribution in [0.15, 0.2) is 61.1 Å². The number of aromatic nitrogens is 3. The van der Waals surface area contributed by atoms with E-state index in [2.05, 4.69) is 30.3 Å². The molecule has 9 nitrogen and oxygen atoms in total. The summed E-state index contributed by atoms with van der Waals surface area (Å²) in [5, 5.41) is 7.07. The normalized spacial score (nSPS) is 17.8. The topological polar surface area (TPSA) is 118 Å². The van der Waals surface area contributed by atoms with Gasteiger partial charge in [0.25, 0.3) is 0 Å². The van der Waals surface area contributed by atoms with Crippen molar-refractivity contribution in [1.29, 1.82) is 0 Å². The Morgan fingerprint density at radius 1 is 1.02 bits per heavy atom. The van der Waals surface area contributed by atoms with E-state index >= 15 is 0 Å². The molecule has 0 bridgehead atoms. The van der Waals surface area contributed by atoms with Crippen LogP contribution in [0.5, 0.6) is 11.6 Å². The fourth-order valence-corrected chi connectivity index (χ4v) is 5.69. The van der Waals surface area contributed by atoms with E-state index in [1.165, 1.54) is 18.5 Å². The maximum absolute atomic E-state index is 13.8.